The number of aliphatic hydroxyl groups is 1. The van der Waals surface area contributed by atoms with Crippen LogP contribution < -0.4 is 5.56 Å². The fraction of sp³-hybridized carbons (Fsp3) is 0.450. The Bertz CT molecular complexity index is 795. The molecule has 2 aromatic rings. The summed E-state index contributed by atoms with van der Waals surface area (Å²) in [7, 11) is 0. The van der Waals surface area contributed by atoms with Crippen LogP contribution in [0.4, 0.5) is 0 Å². The number of carbonyl (C=O) groups is 1. The number of aryl methyl sites for hydroxylation is 1. The second-order valence-corrected chi connectivity index (χ2v) is 6.77. The molecule has 1 fully saturated rings. The highest BCUT2D eigenvalue weighted by molar-refractivity contribution is 5.92. The molecule has 1 aliphatic rings. The minimum atomic E-state index is -0.502. The van der Waals surface area contributed by atoms with Crippen molar-refractivity contribution < 1.29 is 9.90 Å². The lowest BCUT2D eigenvalue weighted by Gasteiger charge is -2.34. The molecule has 1 atom stereocenters. The van der Waals surface area contributed by atoms with Gasteiger partial charge < -0.3 is 10.0 Å². The number of aliphatic hydroxyl groups excluding tert-OH is 1. The molecule has 26 heavy (non-hydrogen) atoms. The van der Waals surface area contributed by atoms with Crippen LogP contribution in [0, 0.1) is 5.92 Å². The van der Waals surface area contributed by atoms with Gasteiger partial charge in [-0.25, -0.2) is 4.68 Å². The first-order chi connectivity index (χ1) is 12.6. The van der Waals surface area contributed by atoms with Crippen LogP contribution in [-0.2, 0) is 6.54 Å². The molecular weight excluding hydrogens is 330 g/mol. The van der Waals surface area contributed by atoms with Crippen molar-refractivity contribution in [2.24, 2.45) is 5.92 Å². The molecule has 0 radical (unpaired) electrons. The number of likely N-dealkylation sites (tertiary alicyclic amines) is 1. The van der Waals surface area contributed by atoms with E-state index in [1.54, 1.807) is 4.90 Å². The first-order valence-electron chi connectivity index (χ1n) is 9.20. The van der Waals surface area contributed by atoms with Crippen molar-refractivity contribution in [1.29, 1.82) is 0 Å². The highest BCUT2D eigenvalue weighted by Crippen LogP contribution is 2.30. The van der Waals surface area contributed by atoms with Crippen molar-refractivity contribution >= 4 is 5.91 Å². The molecule has 6 nitrogen and oxygen atoms in total. The topological polar surface area (TPSA) is 75.4 Å². The van der Waals surface area contributed by atoms with Gasteiger partial charge in [0.05, 0.1) is 6.10 Å². The standard InChI is InChI=1S/C20H25N3O3/c1-2-12-23-18(24)9-8-17(21-23)20(26)22-13-10-16(11-14-22)19(25)15-6-4-3-5-7-15/h3-9,16,19,25H,2,10-14H2,1H3. The van der Waals surface area contributed by atoms with Gasteiger partial charge in [0.2, 0.25) is 0 Å². The smallest absolute Gasteiger partial charge is 0.274 e. The largest absolute Gasteiger partial charge is 0.388 e. The number of nitrogens with zero attached hydrogens (tertiary/aromatic N) is 3. The van der Waals surface area contributed by atoms with Crippen molar-refractivity contribution in [1.82, 2.24) is 14.7 Å². The molecule has 0 saturated carbocycles. The molecule has 3 rings (SSSR count). The van der Waals surface area contributed by atoms with Gasteiger partial charge in [0.1, 0.15) is 5.69 Å². The van der Waals surface area contributed by atoms with E-state index >= 15 is 0 Å². The normalized spacial score (nSPS) is 16.5. The molecule has 0 spiro atoms. The van der Waals surface area contributed by atoms with Crippen molar-refractivity contribution in [3.63, 3.8) is 0 Å². The molecule has 6 heteroatoms. The Morgan fingerprint density at radius 3 is 2.54 bits per heavy atom. The van der Waals surface area contributed by atoms with E-state index in [2.05, 4.69) is 5.10 Å². The van der Waals surface area contributed by atoms with Crippen LogP contribution in [0.3, 0.4) is 0 Å². The summed E-state index contributed by atoms with van der Waals surface area (Å²) >= 11 is 0. The minimum Gasteiger partial charge on any atom is -0.388 e. The maximum absolute atomic E-state index is 12.7. The quantitative estimate of drug-likeness (QED) is 0.892. The number of hydrogen-bond donors (Lipinski definition) is 1. The van der Waals surface area contributed by atoms with E-state index in [1.165, 1.54) is 16.8 Å². The Morgan fingerprint density at radius 2 is 1.88 bits per heavy atom. The number of rotatable bonds is 5. The van der Waals surface area contributed by atoms with Crippen LogP contribution >= 0.6 is 0 Å². The second-order valence-electron chi connectivity index (χ2n) is 6.77. The number of piperidine rings is 1. The molecule has 1 N–H and O–H groups in total. The maximum Gasteiger partial charge on any atom is 0.274 e. The Balaban J connectivity index is 1.63. The number of benzene rings is 1. The SMILES string of the molecule is CCCn1nc(C(=O)N2CCC(C(O)c3ccccc3)CC2)ccc1=O. The average molecular weight is 355 g/mol. The summed E-state index contributed by atoms with van der Waals surface area (Å²) in [5, 5.41) is 14.8. The van der Waals surface area contributed by atoms with E-state index in [-0.39, 0.29) is 17.4 Å². The molecule has 0 bridgehead atoms. The zero-order chi connectivity index (χ0) is 18.5. The predicted octanol–water partition coefficient (Wildman–Crippen LogP) is 2.24. The number of aromatic nitrogens is 2. The number of hydrogen-bond acceptors (Lipinski definition) is 4. The van der Waals surface area contributed by atoms with Crippen LogP contribution in [0.5, 0.6) is 0 Å². The molecule has 1 aromatic heterocycles. The van der Waals surface area contributed by atoms with Gasteiger partial charge in [0.25, 0.3) is 11.5 Å². The van der Waals surface area contributed by atoms with Gasteiger partial charge in [-0.1, -0.05) is 37.3 Å². The third kappa shape index (κ3) is 4.02. The summed E-state index contributed by atoms with van der Waals surface area (Å²) in [6.45, 7) is 3.64. The lowest BCUT2D eigenvalue weighted by atomic mass is 9.87. The van der Waals surface area contributed by atoms with Gasteiger partial charge in [0, 0.05) is 25.7 Å². The van der Waals surface area contributed by atoms with Crippen molar-refractivity contribution in [3.05, 3.63) is 64.1 Å². The van der Waals surface area contributed by atoms with Crippen molar-refractivity contribution in [2.75, 3.05) is 13.1 Å². The molecule has 1 unspecified atom stereocenters. The number of carbonyl (C=O) groups excluding carboxylic acids is 1. The van der Waals surface area contributed by atoms with Gasteiger partial charge in [0.15, 0.2) is 0 Å². The predicted molar refractivity (Wildman–Crippen MR) is 98.8 cm³/mol. The first kappa shape index (κ1) is 18.3. The summed E-state index contributed by atoms with van der Waals surface area (Å²) in [6, 6.07) is 12.6. The van der Waals surface area contributed by atoms with Crippen LogP contribution in [-0.4, -0.2) is 38.8 Å². The lowest BCUT2D eigenvalue weighted by Crippen LogP contribution is -2.40. The monoisotopic (exact) mass is 355 g/mol. The highest BCUT2D eigenvalue weighted by Gasteiger charge is 2.29. The zero-order valence-electron chi connectivity index (χ0n) is 15.0. The summed E-state index contributed by atoms with van der Waals surface area (Å²) in [6.07, 6.45) is 1.78. The Hall–Kier alpha value is -2.47. The van der Waals surface area contributed by atoms with Crippen LogP contribution in [0.25, 0.3) is 0 Å². The average Bonchev–Trinajstić information content (AvgIpc) is 2.69. The Kier molecular flexibility index (Phi) is 5.83. The molecule has 1 aliphatic heterocycles. The third-order valence-corrected chi connectivity index (χ3v) is 4.94. The van der Waals surface area contributed by atoms with E-state index in [0.29, 0.717) is 25.3 Å². The van der Waals surface area contributed by atoms with E-state index in [0.717, 1.165) is 24.8 Å². The molecule has 1 aromatic carbocycles. The maximum atomic E-state index is 12.7. The van der Waals surface area contributed by atoms with Crippen LogP contribution in [0.2, 0.25) is 0 Å². The summed E-state index contributed by atoms with van der Waals surface area (Å²) in [4.78, 5) is 26.2. The lowest BCUT2D eigenvalue weighted by molar-refractivity contribution is 0.0457. The van der Waals surface area contributed by atoms with E-state index in [1.807, 2.05) is 37.3 Å². The fourth-order valence-corrected chi connectivity index (χ4v) is 3.44. The molecular formula is C20H25N3O3. The highest BCUT2D eigenvalue weighted by atomic mass is 16.3. The van der Waals surface area contributed by atoms with Crippen molar-refractivity contribution in [2.45, 2.75) is 38.8 Å². The second kappa shape index (κ2) is 8.27. The zero-order valence-corrected chi connectivity index (χ0v) is 15.0. The van der Waals surface area contributed by atoms with Gasteiger partial charge >= 0.3 is 0 Å². The summed E-state index contributed by atoms with van der Waals surface area (Å²) < 4.78 is 1.35. The summed E-state index contributed by atoms with van der Waals surface area (Å²) in [5.74, 6) is -0.00837. The first-order valence-corrected chi connectivity index (χ1v) is 9.20. The molecule has 1 saturated heterocycles. The van der Waals surface area contributed by atoms with Gasteiger partial charge in [-0.15, -0.1) is 0 Å². The summed E-state index contributed by atoms with van der Waals surface area (Å²) in [5.41, 5.74) is 1.04. The van der Waals surface area contributed by atoms with E-state index < -0.39 is 6.10 Å². The Morgan fingerprint density at radius 1 is 1.19 bits per heavy atom. The Labute approximate surface area is 153 Å². The van der Waals surface area contributed by atoms with Crippen molar-refractivity contribution in [3.8, 4) is 0 Å². The van der Waals surface area contributed by atoms with E-state index in [4.69, 9.17) is 0 Å². The fourth-order valence-electron chi connectivity index (χ4n) is 3.44. The molecule has 0 aliphatic carbocycles. The molecule has 1 amide bonds. The van der Waals surface area contributed by atoms with Gasteiger partial charge in [-0.2, -0.15) is 5.10 Å². The van der Waals surface area contributed by atoms with Gasteiger partial charge in [-0.3, -0.25) is 9.59 Å². The van der Waals surface area contributed by atoms with Crippen LogP contribution in [0.15, 0.2) is 47.3 Å². The molecule has 138 valence electrons. The van der Waals surface area contributed by atoms with Gasteiger partial charge in [-0.05, 0) is 36.8 Å². The third-order valence-electron chi connectivity index (χ3n) is 4.94. The van der Waals surface area contributed by atoms with E-state index in [9.17, 15) is 14.7 Å². The number of amides is 1. The minimum absolute atomic E-state index is 0.142. The van der Waals surface area contributed by atoms with Crippen LogP contribution in [0.1, 0.15) is 48.3 Å². The molecule has 2 heterocycles.